The molecule has 2 atom stereocenters. The summed E-state index contributed by atoms with van der Waals surface area (Å²) in [7, 11) is -1.90. The van der Waals surface area contributed by atoms with E-state index < -0.39 is 10.0 Å². The molecule has 0 amide bonds. The van der Waals surface area contributed by atoms with E-state index in [1.165, 1.54) is 16.8 Å². The van der Waals surface area contributed by atoms with Gasteiger partial charge in [0, 0.05) is 13.7 Å². The molecule has 0 radical (unpaired) electrons. The second-order valence-electron chi connectivity index (χ2n) is 3.87. The van der Waals surface area contributed by atoms with Crippen LogP contribution in [0, 0.1) is 0 Å². The van der Waals surface area contributed by atoms with E-state index in [0.717, 1.165) is 6.42 Å². The number of likely N-dealkylation sites (N-methyl/N-ethyl adjacent to an activating group) is 1. The Hall–Kier alpha value is -0.920. The minimum Gasteiger partial charge on any atom is -0.377 e. The number of hydrogen-bond donors (Lipinski definition) is 1. The smallest absolute Gasteiger partial charge is 0.260 e. The molecule has 2 heterocycles. The quantitative estimate of drug-likeness (QED) is 0.826. The van der Waals surface area contributed by atoms with E-state index in [1.54, 1.807) is 7.05 Å². The molecule has 2 unspecified atom stereocenters. The van der Waals surface area contributed by atoms with Gasteiger partial charge in [-0.3, -0.25) is 0 Å². The van der Waals surface area contributed by atoms with Gasteiger partial charge in [0.1, 0.15) is 0 Å². The lowest BCUT2D eigenvalue weighted by molar-refractivity contribution is 0.102. The first-order valence-electron chi connectivity index (χ1n) is 5.11. The van der Waals surface area contributed by atoms with Crippen molar-refractivity contribution in [2.75, 3.05) is 13.7 Å². The van der Waals surface area contributed by atoms with Crippen LogP contribution in [0.3, 0.4) is 0 Å². The summed E-state index contributed by atoms with van der Waals surface area (Å²) < 4.78 is 31.0. The van der Waals surface area contributed by atoms with E-state index in [9.17, 15) is 8.42 Å². The van der Waals surface area contributed by atoms with Crippen LogP contribution in [0.15, 0.2) is 17.6 Å². The number of hydrogen-bond acceptors (Lipinski definition) is 4. The monoisotopic (exact) mass is 245 g/mol. The van der Waals surface area contributed by atoms with Crippen LogP contribution in [-0.4, -0.2) is 48.5 Å². The van der Waals surface area contributed by atoms with Gasteiger partial charge in [-0.1, -0.05) is 0 Å². The molecule has 7 heteroatoms. The molecule has 0 saturated carbocycles. The lowest BCUT2D eigenvalue weighted by Crippen LogP contribution is -2.41. The Morgan fingerprint density at radius 3 is 2.88 bits per heavy atom. The van der Waals surface area contributed by atoms with Crippen LogP contribution >= 0.6 is 0 Å². The van der Waals surface area contributed by atoms with Gasteiger partial charge in [-0.15, -0.1) is 0 Å². The number of aromatic amines is 1. The minimum absolute atomic E-state index is 0.0669. The van der Waals surface area contributed by atoms with Gasteiger partial charge < -0.3 is 9.72 Å². The fraction of sp³-hybridized carbons (Fsp3) is 0.667. The van der Waals surface area contributed by atoms with Crippen molar-refractivity contribution in [3.8, 4) is 0 Å². The van der Waals surface area contributed by atoms with Crippen molar-refractivity contribution in [1.82, 2.24) is 14.3 Å². The molecule has 1 aromatic heterocycles. The predicted molar refractivity (Wildman–Crippen MR) is 57.4 cm³/mol. The molecule has 0 aliphatic carbocycles. The van der Waals surface area contributed by atoms with Gasteiger partial charge in [-0.25, -0.2) is 13.4 Å². The Labute approximate surface area is 94.7 Å². The number of nitrogens with zero attached hydrogens (tertiary/aromatic N) is 2. The Morgan fingerprint density at radius 2 is 2.38 bits per heavy atom. The van der Waals surface area contributed by atoms with Crippen LogP contribution in [0.4, 0.5) is 0 Å². The van der Waals surface area contributed by atoms with E-state index in [0.29, 0.717) is 6.61 Å². The normalized spacial score (nSPS) is 26.4. The molecule has 90 valence electrons. The van der Waals surface area contributed by atoms with Gasteiger partial charge in [-0.05, 0) is 13.3 Å². The summed E-state index contributed by atoms with van der Waals surface area (Å²) in [6.45, 7) is 2.49. The molecular weight excluding hydrogens is 230 g/mol. The van der Waals surface area contributed by atoms with E-state index >= 15 is 0 Å². The van der Waals surface area contributed by atoms with E-state index in [4.69, 9.17) is 4.74 Å². The van der Waals surface area contributed by atoms with E-state index in [-0.39, 0.29) is 17.2 Å². The van der Waals surface area contributed by atoms with Crippen molar-refractivity contribution in [3.63, 3.8) is 0 Å². The molecule has 2 rings (SSSR count). The second-order valence-corrected chi connectivity index (χ2v) is 5.83. The molecule has 6 nitrogen and oxygen atoms in total. The highest BCUT2D eigenvalue weighted by molar-refractivity contribution is 7.89. The van der Waals surface area contributed by atoms with Crippen LogP contribution in [0.2, 0.25) is 0 Å². The topological polar surface area (TPSA) is 75.3 Å². The number of ether oxygens (including phenoxy) is 1. The van der Waals surface area contributed by atoms with Crippen molar-refractivity contribution in [1.29, 1.82) is 0 Å². The average Bonchev–Trinajstić information content (AvgIpc) is 2.86. The molecule has 1 saturated heterocycles. The summed E-state index contributed by atoms with van der Waals surface area (Å²) in [5, 5.41) is 0.120. The number of aromatic nitrogens is 2. The Morgan fingerprint density at radius 1 is 1.62 bits per heavy atom. The maximum absolute atomic E-state index is 12.1. The standard InChI is InChI=1S/C9H15N3O3S/c1-7-8(3-4-15-7)12(2)16(13,14)9-5-10-6-11-9/h5-8H,3-4H2,1-2H3,(H,10,11). The number of H-pyrrole nitrogens is 1. The van der Waals surface area contributed by atoms with Gasteiger partial charge in [0.05, 0.1) is 24.7 Å². The molecule has 0 spiro atoms. The number of nitrogens with one attached hydrogen (secondary N) is 1. The van der Waals surface area contributed by atoms with Crippen molar-refractivity contribution < 1.29 is 13.2 Å². The largest absolute Gasteiger partial charge is 0.377 e. The molecule has 16 heavy (non-hydrogen) atoms. The molecule has 1 N–H and O–H groups in total. The van der Waals surface area contributed by atoms with Crippen LogP contribution in [-0.2, 0) is 14.8 Å². The fourth-order valence-corrected chi connectivity index (χ4v) is 3.25. The van der Waals surface area contributed by atoms with Crippen molar-refractivity contribution in [2.45, 2.75) is 30.5 Å². The van der Waals surface area contributed by atoms with Crippen LogP contribution < -0.4 is 0 Å². The van der Waals surface area contributed by atoms with Crippen molar-refractivity contribution in [3.05, 3.63) is 12.5 Å². The third kappa shape index (κ3) is 1.85. The minimum atomic E-state index is -3.48. The predicted octanol–water partition coefficient (Wildman–Crippen LogP) is 0.208. The van der Waals surface area contributed by atoms with Gasteiger partial charge in [-0.2, -0.15) is 4.31 Å². The Bertz CT molecular complexity index is 443. The highest BCUT2D eigenvalue weighted by Crippen LogP contribution is 2.23. The summed E-state index contributed by atoms with van der Waals surface area (Å²) in [6, 6.07) is -0.103. The molecule has 0 bridgehead atoms. The number of sulfonamides is 1. The van der Waals surface area contributed by atoms with E-state index in [1.807, 2.05) is 6.92 Å². The summed E-state index contributed by atoms with van der Waals surface area (Å²) in [5.41, 5.74) is 0. The van der Waals surface area contributed by atoms with E-state index in [2.05, 4.69) is 9.97 Å². The summed E-state index contributed by atoms with van der Waals surface area (Å²) in [6.07, 6.45) is 3.33. The Balaban J connectivity index is 2.24. The first kappa shape index (κ1) is 11.6. The van der Waals surface area contributed by atoms with Gasteiger partial charge in [0.25, 0.3) is 10.0 Å². The molecule has 1 aromatic rings. The highest BCUT2D eigenvalue weighted by atomic mass is 32.2. The average molecular weight is 245 g/mol. The van der Waals surface area contributed by atoms with Crippen molar-refractivity contribution >= 4 is 10.0 Å². The third-order valence-corrected chi connectivity index (χ3v) is 4.74. The van der Waals surface area contributed by atoms with Gasteiger partial charge in [0.2, 0.25) is 0 Å². The zero-order chi connectivity index (χ0) is 11.8. The fourth-order valence-electron chi connectivity index (χ4n) is 1.92. The maximum atomic E-state index is 12.1. The molecule has 0 aromatic carbocycles. The number of rotatable bonds is 3. The molecule has 1 fully saturated rings. The highest BCUT2D eigenvalue weighted by Gasteiger charge is 2.35. The van der Waals surface area contributed by atoms with Crippen LogP contribution in [0.1, 0.15) is 13.3 Å². The van der Waals surface area contributed by atoms with Gasteiger partial charge >= 0.3 is 0 Å². The first-order valence-corrected chi connectivity index (χ1v) is 6.55. The Kier molecular flexibility index (Phi) is 3.00. The molecule has 1 aliphatic rings. The lowest BCUT2D eigenvalue weighted by Gasteiger charge is -2.25. The zero-order valence-corrected chi connectivity index (χ0v) is 10.1. The summed E-state index contributed by atoms with van der Waals surface area (Å²) in [5.74, 6) is 0. The van der Waals surface area contributed by atoms with Crippen molar-refractivity contribution in [2.24, 2.45) is 0 Å². The van der Waals surface area contributed by atoms with Gasteiger partial charge in [0.15, 0.2) is 5.03 Å². The summed E-state index contributed by atoms with van der Waals surface area (Å²) in [4.78, 5) is 6.34. The first-order chi connectivity index (χ1) is 7.53. The number of imidazole rings is 1. The third-order valence-electron chi connectivity index (χ3n) is 2.93. The van der Waals surface area contributed by atoms with Crippen LogP contribution in [0.5, 0.6) is 0 Å². The molecular formula is C9H15N3O3S. The lowest BCUT2D eigenvalue weighted by atomic mass is 10.2. The SMILES string of the molecule is CC1OCCC1N(C)S(=O)(=O)c1cnc[nH]1. The zero-order valence-electron chi connectivity index (χ0n) is 9.25. The second kappa shape index (κ2) is 4.15. The molecule has 1 aliphatic heterocycles. The maximum Gasteiger partial charge on any atom is 0.260 e. The summed E-state index contributed by atoms with van der Waals surface area (Å²) >= 11 is 0. The van der Waals surface area contributed by atoms with Crippen LogP contribution in [0.25, 0.3) is 0 Å².